The zero-order chi connectivity index (χ0) is 14.9. The van der Waals surface area contributed by atoms with Crippen LogP contribution in [0.15, 0.2) is 0 Å². The Morgan fingerprint density at radius 3 is 1.14 bits per heavy atom. The molecule has 0 aliphatic rings. The van der Waals surface area contributed by atoms with Crippen LogP contribution in [0.3, 0.4) is 0 Å². The minimum absolute atomic E-state index is 0. The maximum absolute atomic E-state index is 10.2. The van der Waals surface area contributed by atoms with Crippen molar-refractivity contribution in [3.05, 3.63) is 0 Å². The summed E-state index contributed by atoms with van der Waals surface area (Å²) in [4.78, 5) is 10.2. The van der Waals surface area contributed by atoms with Gasteiger partial charge in [0.2, 0.25) is 0 Å². The first-order valence-electron chi connectivity index (χ1n) is 8.97. The second kappa shape index (κ2) is 24.2. The number of aliphatic carboxylic acids is 1. The molecule has 22 heavy (non-hydrogen) atoms. The molecule has 0 saturated carbocycles. The first kappa shape index (κ1) is 27.8. The third kappa shape index (κ3) is 25.9. The summed E-state index contributed by atoms with van der Waals surface area (Å²) in [5.74, 6) is -0.903. The largest absolute Gasteiger partial charge is 1.00 e. The molecule has 0 unspecified atom stereocenters. The summed E-state index contributed by atoms with van der Waals surface area (Å²) < 4.78 is 0. The van der Waals surface area contributed by atoms with Gasteiger partial charge in [-0.2, -0.15) is 0 Å². The first-order valence-corrected chi connectivity index (χ1v) is 8.97. The second-order valence-electron chi connectivity index (χ2n) is 6.07. The molecular formula is C18H35Ag2O2+. The molecule has 4 heteroatoms. The molecule has 0 heterocycles. The van der Waals surface area contributed by atoms with Gasteiger partial charge < -0.3 is 9.90 Å². The fourth-order valence-corrected chi connectivity index (χ4v) is 2.64. The summed E-state index contributed by atoms with van der Waals surface area (Å²) in [6, 6.07) is 0. The topological polar surface area (TPSA) is 40.1 Å². The van der Waals surface area contributed by atoms with Gasteiger partial charge in [-0.25, -0.2) is 0 Å². The summed E-state index contributed by atoms with van der Waals surface area (Å²) in [7, 11) is 0. The van der Waals surface area contributed by atoms with E-state index in [1.165, 1.54) is 83.5 Å². The van der Waals surface area contributed by atoms with Crippen molar-refractivity contribution in [2.75, 3.05) is 0 Å². The minimum atomic E-state index is -0.903. The molecule has 0 aliphatic carbocycles. The van der Waals surface area contributed by atoms with Crippen LogP contribution >= 0.6 is 0 Å². The van der Waals surface area contributed by atoms with E-state index in [1.54, 1.807) is 0 Å². The molecule has 0 amide bonds. The molecule has 140 valence electrons. The van der Waals surface area contributed by atoms with Gasteiger partial charge in [0.1, 0.15) is 0 Å². The van der Waals surface area contributed by atoms with Gasteiger partial charge in [0.15, 0.2) is 0 Å². The summed E-state index contributed by atoms with van der Waals surface area (Å²) in [5.41, 5.74) is 0. The van der Waals surface area contributed by atoms with Crippen LogP contribution in [0, 0.1) is 0 Å². The van der Waals surface area contributed by atoms with Gasteiger partial charge in [-0.1, -0.05) is 96.8 Å². The Morgan fingerprint density at radius 1 is 0.591 bits per heavy atom. The van der Waals surface area contributed by atoms with Crippen molar-refractivity contribution in [2.24, 2.45) is 0 Å². The monoisotopic (exact) mass is 497 g/mol. The third-order valence-corrected chi connectivity index (χ3v) is 3.98. The summed E-state index contributed by atoms with van der Waals surface area (Å²) in [6.45, 7) is 2.27. The van der Waals surface area contributed by atoms with Crippen molar-refractivity contribution in [3.8, 4) is 0 Å². The van der Waals surface area contributed by atoms with Crippen LogP contribution in [-0.4, -0.2) is 5.97 Å². The van der Waals surface area contributed by atoms with Crippen LogP contribution in [0.5, 0.6) is 0 Å². The normalized spacial score (nSPS) is 9.86. The van der Waals surface area contributed by atoms with Crippen LogP contribution in [0.25, 0.3) is 0 Å². The first-order chi connectivity index (χ1) is 9.77. The predicted molar refractivity (Wildman–Crippen MR) is 84.6 cm³/mol. The van der Waals surface area contributed by atoms with Crippen LogP contribution in [-0.2, 0) is 49.6 Å². The fraction of sp³-hybridized carbons (Fsp3) is 0.944. The standard InChI is InChI=1S/C18H36O2.2Ag/c1-2-3-4-5-6-7-8-9-10-11-12-13-14-15-16-17-18(19)20;;/h2-17H2,1H3,(H,19,20);;/q;2*+1/p-1. The Bertz CT molecular complexity index is 211. The zero-order valence-electron chi connectivity index (χ0n) is 14.2. The van der Waals surface area contributed by atoms with Gasteiger partial charge in [0.05, 0.1) is 0 Å². The van der Waals surface area contributed by atoms with Gasteiger partial charge >= 0.3 is 44.8 Å². The third-order valence-electron chi connectivity index (χ3n) is 3.98. The SMILES string of the molecule is CCCCCCCCCCCCCCCCCC(=O)[O-].[Ag+].[Ag+]. The van der Waals surface area contributed by atoms with Crippen molar-refractivity contribution in [3.63, 3.8) is 0 Å². The summed E-state index contributed by atoms with van der Waals surface area (Å²) in [5, 5.41) is 10.2. The molecule has 0 fully saturated rings. The van der Waals surface area contributed by atoms with Gasteiger partial charge in [0.25, 0.3) is 0 Å². The van der Waals surface area contributed by atoms with Gasteiger partial charge in [-0.05, 0) is 12.8 Å². The molecule has 0 radical (unpaired) electrons. The Morgan fingerprint density at radius 2 is 0.864 bits per heavy atom. The van der Waals surface area contributed by atoms with Crippen molar-refractivity contribution in [1.82, 2.24) is 0 Å². The smallest absolute Gasteiger partial charge is 0.550 e. The molecule has 0 aromatic heterocycles. The number of carbonyl (C=O) groups is 1. The quantitative estimate of drug-likeness (QED) is 0.222. The average molecular weight is 499 g/mol. The molecule has 0 N–H and O–H groups in total. The van der Waals surface area contributed by atoms with E-state index in [9.17, 15) is 9.90 Å². The summed E-state index contributed by atoms with van der Waals surface area (Å²) in [6.07, 6.45) is 19.9. The molecule has 0 atom stereocenters. The van der Waals surface area contributed by atoms with Crippen molar-refractivity contribution < 1.29 is 54.7 Å². The van der Waals surface area contributed by atoms with Crippen molar-refractivity contribution in [1.29, 1.82) is 0 Å². The molecular weight excluding hydrogens is 464 g/mol. The van der Waals surface area contributed by atoms with Crippen LogP contribution in [0.1, 0.15) is 110 Å². The molecule has 0 aromatic carbocycles. The maximum atomic E-state index is 10.2. The molecule has 0 aliphatic heterocycles. The molecule has 2 nitrogen and oxygen atoms in total. The number of rotatable bonds is 16. The number of unbranched alkanes of at least 4 members (excludes halogenated alkanes) is 14. The number of carbonyl (C=O) groups excluding carboxylic acids is 1. The van der Waals surface area contributed by atoms with E-state index >= 15 is 0 Å². The molecule has 0 saturated heterocycles. The van der Waals surface area contributed by atoms with Crippen LogP contribution < -0.4 is 5.11 Å². The molecule has 0 rings (SSSR count). The van der Waals surface area contributed by atoms with Gasteiger partial charge in [-0.3, -0.25) is 0 Å². The molecule has 0 bridgehead atoms. The Kier molecular flexibility index (Phi) is 30.6. The maximum Gasteiger partial charge on any atom is 1.00 e. The van der Waals surface area contributed by atoms with Crippen molar-refractivity contribution >= 4 is 5.97 Å². The van der Waals surface area contributed by atoms with Crippen LogP contribution in [0.2, 0.25) is 0 Å². The van der Waals surface area contributed by atoms with E-state index in [1.807, 2.05) is 0 Å². The van der Waals surface area contributed by atoms with E-state index in [4.69, 9.17) is 0 Å². The number of carboxylic acids is 1. The number of hydrogen-bond acceptors (Lipinski definition) is 2. The van der Waals surface area contributed by atoms with Crippen LogP contribution in [0.4, 0.5) is 0 Å². The number of hydrogen-bond donors (Lipinski definition) is 0. The predicted octanol–water partition coefficient (Wildman–Crippen LogP) is 4.99. The van der Waals surface area contributed by atoms with E-state index < -0.39 is 5.97 Å². The van der Waals surface area contributed by atoms with E-state index in [0.717, 1.165) is 12.8 Å². The number of carboxylic acid groups (broad SMARTS) is 1. The van der Waals surface area contributed by atoms with Crippen molar-refractivity contribution in [2.45, 2.75) is 110 Å². The molecule has 0 aromatic rings. The van der Waals surface area contributed by atoms with Gasteiger partial charge in [0, 0.05) is 5.97 Å². The fourth-order valence-electron chi connectivity index (χ4n) is 2.64. The average Bonchev–Trinajstić information content (AvgIpc) is 2.43. The summed E-state index contributed by atoms with van der Waals surface area (Å²) >= 11 is 0. The Labute approximate surface area is 169 Å². The second-order valence-corrected chi connectivity index (χ2v) is 6.07. The molecule has 0 spiro atoms. The van der Waals surface area contributed by atoms with E-state index in [0.29, 0.717) is 0 Å². The Balaban J connectivity index is -0.00000180. The van der Waals surface area contributed by atoms with Gasteiger partial charge in [-0.15, -0.1) is 0 Å². The van der Waals surface area contributed by atoms with E-state index in [-0.39, 0.29) is 51.2 Å². The van der Waals surface area contributed by atoms with E-state index in [2.05, 4.69) is 6.92 Å². The minimum Gasteiger partial charge on any atom is -0.550 e. The zero-order valence-corrected chi connectivity index (χ0v) is 17.2. The Hall–Kier alpha value is 0.951.